The van der Waals surface area contributed by atoms with Crippen molar-refractivity contribution in [1.29, 1.82) is 0 Å². The van der Waals surface area contributed by atoms with E-state index in [4.69, 9.17) is 0 Å². The van der Waals surface area contributed by atoms with Gasteiger partial charge in [-0.25, -0.2) is 4.79 Å². The zero-order valence-corrected chi connectivity index (χ0v) is 17.8. The highest BCUT2D eigenvalue weighted by atomic mass is 16.2. The van der Waals surface area contributed by atoms with Crippen LogP contribution in [0.5, 0.6) is 0 Å². The molecule has 2 amide bonds. The Morgan fingerprint density at radius 2 is 1.79 bits per heavy atom. The number of pyridine rings is 1. The number of fused-ring (bicyclic) bond motifs is 1. The number of hydrogen-bond acceptors (Lipinski definition) is 2. The molecule has 0 saturated heterocycles. The highest BCUT2D eigenvalue weighted by Crippen LogP contribution is 2.25. The molecule has 0 fully saturated rings. The van der Waals surface area contributed by atoms with Gasteiger partial charge in [-0.05, 0) is 49.9 Å². The number of anilines is 2. The average Bonchev–Trinajstić information content (AvgIpc) is 2.68. The van der Waals surface area contributed by atoms with Crippen molar-refractivity contribution in [3.05, 3.63) is 70.1 Å². The van der Waals surface area contributed by atoms with Gasteiger partial charge in [0.1, 0.15) is 0 Å². The van der Waals surface area contributed by atoms with E-state index in [0.29, 0.717) is 30.1 Å². The van der Waals surface area contributed by atoms with E-state index in [1.165, 1.54) is 0 Å². The molecule has 5 nitrogen and oxygen atoms in total. The SMILES string of the molecule is CCN(C(=O)Nc1cn(CC(C)C)c(=O)c2ccccc12)c1cc(C)ccc1C. The van der Waals surface area contributed by atoms with E-state index in [-0.39, 0.29) is 11.6 Å². The number of aryl methyl sites for hydroxylation is 2. The van der Waals surface area contributed by atoms with Gasteiger partial charge in [0.2, 0.25) is 0 Å². The van der Waals surface area contributed by atoms with Crippen LogP contribution in [0.3, 0.4) is 0 Å². The third-order valence-electron chi connectivity index (χ3n) is 5.01. The first-order valence-corrected chi connectivity index (χ1v) is 10.1. The highest BCUT2D eigenvalue weighted by molar-refractivity contribution is 6.07. The molecule has 29 heavy (non-hydrogen) atoms. The summed E-state index contributed by atoms with van der Waals surface area (Å²) in [6, 6.07) is 13.3. The van der Waals surface area contributed by atoms with Gasteiger partial charge in [-0.2, -0.15) is 0 Å². The molecule has 0 aliphatic carbocycles. The van der Waals surface area contributed by atoms with Gasteiger partial charge >= 0.3 is 6.03 Å². The molecule has 3 aromatic rings. The Morgan fingerprint density at radius 1 is 1.10 bits per heavy atom. The molecule has 5 heteroatoms. The van der Waals surface area contributed by atoms with Crippen molar-refractivity contribution >= 4 is 28.2 Å². The number of nitrogens with one attached hydrogen (secondary N) is 1. The molecule has 0 saturated carbocycles. The number of rotatable bonds is 5. The second kappa shape index (κ2) is 8.52. The third-order valence-corrected chi connectivity index (χ3v) is 5.01. The first kappa shape index (κ1) is 20.6. The van der Waals surface area contributed by atoms with Crippen LogP contribution in [-0.4, -0.2) is 17.1 Å². The van der Waals surface area contributed by atoms with E-state index < -0.39 is 0 Å². The number of hydrogen-bond donors (Lipinski definition) is 1. The van der Waals surface area contributed by atoms with E-state index in [9.17, 15) is 9.59 Å². The van der Waals surface area contributed by atoms with Crippen LogP contribution in [0.15, 0.2) is 53.5 Å². The molecule has 0 bridgehead atoms. The van der Waals surface area contributed by atoms with Gasteiger partial charge in [-0.1, -0.05) is 44.2 Å². The summed E-state index contributed by atoms with van der Waals surface area (Å²) in [6.45, 7) is 11.3. The average molecular weight is 392 g/mol. The quantitative estimate of drug-likeness (QED) is 0.639. The smallest absolute Gasteiger partial charge is 0.313 e. The van der Waals surface area contributed by atoms with Crippen molar-refractivity contribution in [2.24, 2.45) is 5.92 Å². The summed E-state index contributed by atoms with van der Waals surface area (Å²) in [5.41, 5.74) is 3.66. The lowest BCUT2D eigenvalue weighted by Crippen LogP contribution is -2.36. The lowest BCUT2D eigenvalue weighted by Gasteiger charge is -2.24. The first-order chi connectivity index (χ1) is 13.8. The number of aromatic nitrogens is 1. The molecule has 0 aliphatic rings. The predicted molar refractivity (Wildman–Crippen MR) is 121 cm³/mol. The van der Waals surface area contributed by atoms with Gasteiger partial charge in [0.25, 0.3) is 5.56 Å². The Kier molecular flexibility index (Phi) is 6.06. The summed E-state index contributed by atoms with van der Waals surface area (Å²) in [6.07, 6.45) is 1.76. The summed E-state index contributed by atoms with van der Waals surface area (Å²) in [5, 5.41) is 4.41. The molecule has 1 N–H and O–H groups in total. The van der Waals surface area contributed by atoms with E-state index in [1.54, 1.807) is 15.7 Å². The molecular weight excluding hydrogens is 362 g/mol. The van der Waals surface area contributed by atoms with Crippen molar-refractivity contribution in [1.82, 2.24) is 4.57 Å². The zero-order chi connectivity index (χ0) is 21.1. The zero-order valence-electron chi connectivity index (χ0n) is 17.8. The maximum absolute atomic E-state index is 13.2. The van der Waals surface area contributed by atoms with Crippen LogP contribution < -0.4 is 15.8 Å². The minimum atomic E-state index is -0.207. The summed E-state index contributed by atoms with van der Waals surface area (Å²) < 4.78 is 1.69. The van der Waals surface area contributed by atoms with Gasteiger partial charge in [0.05, 0.1) is 5.69 Å². The molecule has 1 heterocycles. The number of urea groups is 1. The summed E-state index contributed by atoms with van der Waals surface area (Å²) in [5.74, 6) is 0.319. The van der Waals surface area contributed by atoms with Crippen LogP contribution in [0, 0.1) is 19.8 Å². The third kappa shape index (κ3) is 4.34. The second-order valence-corrected chi connectivity index (χ2v) is 7.90. The standard InChI is InChI=1S/C24H29N3O2/c1-6-27(22-13-17(4)11-12-18(22)5)24(29)25-21-15-26(14-16(2)3)23(28)20-10-8-7-9-19(20)21/h7-13,15-16H,6,14H2,1-5H3,(H,25,29). The number of carbonyl (C=O) groups is 1. The maximum atomic E-state index is 13.2. The number of benzene rings is 2. The molecule has 0 spiro atoms. The molecule has 0 aliphatic heterocycles. The highest BCUT2D eigenvalue weighted by Gasteiger charge is 2.18. The van der Waals surface area contributed by atoms with Crippen molar-refractivity contribution < 1.29 is 4.79 Å². The van der Waals surface area contributed by atoms with E-state index in [0.717, 1.165) is 22.2 Å². The normalized spacial score (nSPS) is 11.1. The minimum Gasteiger partial charge on any atom is -0.313 e. The van der Waals surface area contributed by atoms with Crippen molar-refractivity contribution in [3.63, 3.8) is 0 Å². The Bertz CT molecular complexity index is 1100. The van der Waals surface area contributed by atoms with Crippen LogP contribution in [0.2, 0.25) is 0 Å². The number of amides is 2. The second-order valence-electron chi connectivity index (χ2n) is 7.90. The fourth-order valence-corrected chi connectivity index (χ4v) is 3.59. The molecule has 1 aromatic heterocycles. The predicted octanol–water partition coefficient (Wildman–Crippen LogP) is 5.33. The van der Waals surface area contributed by atoms with Crippen LogP contribution in [0.25, 0.3) is 10.8 Å². The summed E-state index contributed by atoms with van der Waals surface area (Å²) in [4.78, 5) is 27.8. The van der Waals surface area contributed by atoms with Gasteiger partial charge in [0.15, 0.2) is 0 Å². The molecule has 0 unspecified atom stereocenters. The Labute approximate surface area is 172 Å². The Hall–Kier alpha value is -3.08. The molecular formula is C24H29N3O2. The van der Waals surface area contributed by atoms with Crippen molar-refractivity contribution in [2.45, 2.75) is 41.2 Å². The lowest BCUT2D eigenvalue weighted by molar-refractivity contribution is 0.257. The van der Waals surface area contributed by atoms with Gasteiger partial charge in [-0.15, -0.1) is 0 Å². The van der Waals surface area contributed by atoms with Gasteiger partial charge < -0.3 is 9.88 Å². The van der Waals surface area contributed by atoms with Crippen LogP contribution in [0.1, 0.15) is 31.9 Å². The van der Waals surface area contributed by atoms with Gasteiger partial charge in [0, 0.05) is 35.7 Å². The van der Waals surface area contributed by atoms with Crippen LogP contribution >= 0.6 is 0 Å². The lowest BCUT2D eigenvalue weighted by atomic mass is 10.1. The molecule has 0 atom stereocenters. The van der Waals surface area contributed by atoms with Gasteiger partial charge in [-0.3, -0.25) is 9.69 Å². The van der Waals surface area contributed by atoms with E-state index in [1.807, 2.05) is 63.2 Å². The molecule has 2 aromatic carbocycles. The summed E-state index contributed by atoms with van der Waals surface area (Å²) >= 11 is 0. The monoisotopic (exact) mass is 391 g/mol. The van der Waals surface area contributed by atoms with Crippen molar-refractivity contribution in [2.75, 3.05) is 16.8 Å². The minimum absolute atomic E-state index is 0.0332. The van der Waals surface area contributed by atoms with Crippen LogP contribution in [0.4, 0.5) is 16.2 Å². The topological polar surface area (TPSA) is 54.3 Å². The van der Waals surface area contributed by atoms with E-state index >= 15 is 0 Å². The fraction of sp³-hybridized carbons (Fsp3) is 0.333. The Morgan fingerprint density at radius 3 is 2.45 bits per heavy atom. The maximum Gasteiger partial charge on any atom is 0.326 e. The summed E-state index contributed by atoms with van der Waals surface area (Å²) in [7, 11) is 0. The fourth-order valence-electron chi connectivity index (χ4n) is 3.59. The van der Waals surface area contributed by atoms with Crippen LogP contribution in [-0.2, 0) is 6.54 Å². The van der Waals surface area contributed by atoms with E-state index in [2.05, 4.69) is 19.2 Å². The number of nitrogens with zero attached hydrogens (tertiary/aromatic N) is 2. The Balaban J connectivity index is 2.04. The van der Waals surface area contributed by atoms with Crippen molar-refractivity contribution in [3.8, 4) is 0 Å². The molecule has 0 radical (unpaired) electrons. The largest absolute Gasteiger partial charge is 0.326 e. The number of carbonyl (C=O) groups excluding carboxylic acids is 1. The first-order valence-electron chi connectivity index (χ1n) is 10.1. The molecule has 3 rings (SSSR count). The molecule has 152 valence electrons.